The number of ether oxygens (including phenoxy) is 2. The van der Waals surface area contributed by atoms with Gasteiger partial charge in [0.05, 0.1) is 18.8 Å². The smallest absolute Gasteiger partial charge is 0.303 e. The number of aromatic nitrogens is 2. The Labute approximate surface area is 232 Å². The van der Waals surface area contributed by atoms with Gasteiger partial charge in [-0.1, -0.05) is 67.2 Å². The van der Waals surface area contributed by atoms with Crippen LogP contribution in [0.5, 0.6) is 0 Å². The molecule has 10 heteroatoms. The summed E-state index contributed by atoms with van der Waals surface area (Å²) in [4.78, 5) is 31.2. The number of aliphatic hydroxyl groups excluding tert-OH is 1. The monoisotopic (exact) mass is 551 g/mol. The number of nitrogens with zero attached hydrogens (tertiary/aromatic N) is 2. The molecule has 1 aromatic heterocycles. The van der Waals surface area contributed by atoms with E-state index in [1.807, 2.05) is 48.5 Å². The normalized spacial score (nSPS) is 20.9. The summed E-state index contributed by atoms with van der Waals surface area (Å²) in [5.41, 5.74) is 3.63. The van der Waals surface area contributed by atoms with Crippen molar-refractivity contribution < 1.29 is 29.3 Å². The lowest BCUT2D eigenvalue weighted by Crippen LogP contribution is -2.38. The lowest BCUT2D eigenvalue weighted by molar-refractivity contribution is -0.268. The fraction of sp³-hybridized carbons (Fsp3) is 0.379. The largest absolute Gasteiger partial charge is 0.481 e. The van der Waals surface area contributed by atoms with E-state index >= 15 is 0 Å². The Morgan fingerprint density at radius 3 is 2.28 bits per heavy atom. The number of carboxylic acid groups (broad SMARTS) is 1. The Kier molecular flexibility index (Phi) is 10.4. The molecular weight excluding hydrogens is 518 g/mol. The number of carbonyl (C=O) groups is 2. The number of aliphatic carboxylic acids is 1. The minimum absolute atomic E-state index is 0.0153. The van der Waals surface area contributed by atoms with Crippen LogP contribution in [0.2, 0.25) is 0 Å². The van der Waals surface area contributed by atoms with Crippen molar-refractivity contribution in [1.29, 1.82) is 0 Å². The number of benzene rings is 2. The molecule has 0 saturated carbocycles. The van der Waals surface area contributed by atoms with Crippen molar-refractivity contribution >= 4 is 23.6 Å². The molecule has 3 aromatic rings. The van der Waals surface area contributed by atoms with Crippen LogP contribution in [-0.2, 0) is 32.2 Å². The minimum atomic E-state index is -0.904. The van der Waals surface area contributed by atoms with Crippen LogP contribution in [0.15, 0.2) is 72.1 Å². The number of aliphatic hydroxyl groups is 1. The Morgan fingerprint density at radius 1 is 0.949 bits per heavy atom. The van der Waals surface area contributed by atoms with Gasteiger partial charge in [0.2, 0.25) is 5.91 Å². The molecule has 3 N–H and O–H groups in total. The van der Waals surface area contributed by atoms with E-state index < -0.39 is 12.3 Å². The molecule has 4 atom stereocenters. The number of carboxylic acids is 1. The third kappa shape index (κ3) is 8.34. The highest BCUT2D eigenvalue weighted by molar-refractivity contribution is 7.99. The zero-order chi connectivity index (χ0) is 27.6. The van der Waals surface area contributed by atoms with Crippen LogP contribution in [0.1, 0.15) is 60.8 Å². The molecule has 9 nitrogen and oxygen atoms in total. The van der Waals surface area contributed by atoms with Crippen molar-refractivity contribution in [3.8, 4) is 0 Å². The average Bonchev–Trinajstić information content (AvgIpc) is 2.96. The highest BCUT2D eigenvalue weighted by Crippen LogP contribution is 2.42. The number of thioether (sulfide) groups is 1. The molecule has 206 valence electrons. The molecular formula is C29H33N3O6S. The van der Waals surface area contributed by atoms with Crippen molar-refractivity contribution in [1.82, 2.24) is 15.3 Å². The summed E-state index contributed by atoms with van der Waals surface area (Å²) in [5.74, 6) is -0.375. The summed E-state index contributed by atoms with van der Waals surface area (Å²) in [6.45, 7) is 2.45. The molecule has 1 aliphatic heterocycles. The van der Waals surface area contributed by atoms with Gasteiger partial charge in [-0.3, -0.25) is 9.59 Å². The number of rotatable bonds is 12. The van der Waals surface area contributed by atoms with E-state index in [0.29, 0.717) is 23.9 Å². The van der Waals surface area contributed by atoms with Gasteiger partial charge in [0.25, 0.3) is 0 Å². The Bertz CT molecular complexity index is 1210. The van der Waals surface area contributed by atoms with Crippen LogP contribution in [0.3, 0.4) is 0 Å². The number of hydrogen-bond donors (Lipinski definition) is 3. The van der Waals surface area contributed by atoms with Crippen molar-refractivity contribution in [3.05, 3.63) is 89.2 Å². The zero-order valence-corrected chi connectivity index (χ0v) is 22.5. The lowest BCUT2D eigenvalue weighted by atomic mass is 9.91. The highest BCUT2D eigenvalue weighted by atomic mass is 32.2. The molecule has 0 bridgehead atoms. The molecule has 1 fully saturated rings. The molecule has 39 heavy (non-hydrogen) atoms. The number of nitrogens with one attached hydrogen (secondary N) is 1. The maximum atomic E-state index is 12.0. The van der Waals surface area contributed by atoms with Crippen LogP contribution >= 0.6 is 11.8 Å². The van der Waals surface area contributed by atoms with E-state index in [4.69, 9.17) is 14.6 Å². The van der Waals surface area contributed by atoms with E-state index in [-0.39, 0.29) is 43.5 Å². The van der Waals surface area contributed by atoms with E-state index in [9.17, 15) is 14.7 Å². The molecule has 1 aliphatic rings. The minimum Gasteiger partial charge on any atom is -0.481 e. The lowest BCUT2D eigenvalue weighted by Gasteiger charge is -2.41. The van der Waals surface area contributed by atoms with E-state index in [1.165, 1.54) is 0 Å². The molecule has 1 amide bonds. The summed E-state index contributed by atoms with van der Waals surface area (Å²) < 4.78 is 12.9. The van der Waals surface area contributed by atoms with Gasteiger partial charge in [-0.15, -0.1) is 0 Å². The van der Waals surface area contributed by atoms with Gasteiger partial charge in [0.15, 0.2) is 11.4 Å². The van der Waals surface area contributed by atoms with Crippen LogP contribution in [-0.4, -0.2) is 43.9 Å². The molecule has 4 rings (SSSR count). The first kappa shape index (κ1) is 28.7. The summed E-state index contributed by atoms with van der Waals surface area (Å²) in [6.07, 6.45) is 2.97. The van der Waals surface area contributed by atoms with Crippen LogP contribution in [0.25, 0.3) is 0 Å². The summed E-state index contributed by atoms with van der Waals surface area (Å²) in [7, 11) is 0. The standard InChI is InChI=1S/C29H33N3O6S/c1-19-24(18-39-29-30-14-3-15-31-29)37-28(38-27(19)22-10-8-21(17-33)9-11-22)23-12-6-20(7-13-23)16-32-25(34)4-2-5-26(35)36/h3,6-15,19,24,27-28,33H,2,4-5,16-18H2,1H3,(H,32,34)(H,35,36)/t19-,24+,27+,28+/m1/s1. The van der Waals surface area contributed by atoms with Gasteiger partial charge in [-0.25, -0.2) is 9.97 Å². The fourth-order valence-corrected chi connectivity index (χ4v) is 5.27. The van der Waals surface area contributed by atoms with E-state index in [1.54, 1.807) is 30.2 Å². The van der Waals surface area contributed by atoms with Crippen molar-refractivity contribution in [2.45, 2.75) is 63.0 Å². The average molecular weight is 552 g/mol. The first-order valence-electron chi connectivity index (χ1n) is 12.9. The Hall–Kier alpha value is -3.31. The van der Waals surface area contributed by atoms with Gasteiger partial charge in [-0.05, 0) is 29.2 Å². The second kappa shape index (κ2) is 14.2. The van der Waals surface area contributed by atoms with E-state index in [2.05, 4.69) is 22.2 Å². The van der Waals surface area contributed by atoms with Gasteiger partial charge in [0, 0.05) is 49.0 Å². The predicted octanol–water partition coefficient (Wildman–Crippen LogP) is 4.42. The summed E-state index contributed by atoms with van der Waals surface area (Å²) >= 11 is 1.54. The highest BCUT2D eigenvalue weighted by Gasteiger charge is 2.38. The van der Waals surface area contributed by atoms with Crippen molar-refractivity contribution in [3.63, 3.8) is 0 Å². The van der Waals surface area contributed by atoms with Crippen LogP contribution in [0.4, 0.5) is 0 Å². The third-order valence-electron chi connectivity index (χ3n) is 6.58. The maximum absolute atomic E-state index is 12.0. The molecule has 2 heterocycles. The number of carbonyl (C=O) groups excluding carboxylic acids is 1. The molecule has 0 unspecified atom stereocenters. The van der Waals surface area contributed by atoms with Crippen LogP contribution in [0, 0.1) is 5.92 Å². The molecule has 2 aromatic carbocycles. The van der Waals surface area contributed by atoms with Gasteiger partial charge >= 0.3 is 5.97 Å². The van der Waals surface area contributed by atoms with Crippen LogP contribution < -0.4 is 5.32 Å². The van der Waals surface area contributed by atoms with Gasteiger partial charge in [-0.2, -0.15) is 0 Å². The summed E-state index contributed by atoms with van der Waals surface area (Å²) in [6, 6.07) is 17.3. The molecule has 1 saturated heterocycles. The van der Waals surface area contributed by atoms with Crippen molar-refractivity contribution in [2.75, 3.05) is 5.75 Å². The number of hydrogen-bond acceptors (Lipinski definition) is 8. The fourth-order valence-electron chi connectivity index (χ4n) is 4.31. The van der Waals surface area contributed by atoms with Crippen molar-refractivity contribution in [2.24, 2.45) is 5.92 Å². The Balaban J connectivity index is 1.44. The first-order valence-corrected chi connectivity index (χ1v) is 13.9. The topological polar surface area (TPSA) is 131 Å². The number of amides is 1. The molecule has 0 spiro atoms. The third-order valence-corrected chi connectivity index (χ3v) is 7.54. The molecule has 0 aliphatic carbocycles. The zero-order valence-electron chi connectivity index (χ0n) is 21.7. The first-order chi connectivity index (χ1) is 18.9. The quantitative estimate of drug-likeness (QED) is 0.221. The second-order valence-corrected chi connectivity index (χ2v) is 10.4. The summed E-state index contributed by atoms with van der Waals surface area (Å²) in [5, 5.41) is 21.7. The SMILES string of the molecule is C[C@@H]1[C@H](CSc2ncccn2)O[C@H](c2ccc(CNC(=O)CCCC(=O)O)cc2)O[C@@H]1c1ccc(CO)cc1. The maximum Gasteiger partial charge on any atom is 0.303 e. The van der Waals surface area contributed by atoms with Gasteiger partial charge in [0.1, 0.15) is 0 Å². The predicted molar refractivity (Wildman–Crippen MR) is 146 cm³/mol. The van der Waals surface area contributed by atoms with E-state index in [0.717, 1.165) is 22.3 Å². The second-order valence-electron chi connectivity index (χ2n) is 9.43. The molecule has 0 radical (unpaired) electrons. The Morgan fingerprint density at radius 2 is 1.62 bits per heavy atom. The van der Waals surface area contributed by atoms with Gasteiger partial charge < -0.3 is 25.0 Å².